The molecule has 1 aromatic carbocycles. The van der Waals surface area contributed by atoms with Crippen molar-refractivity contribution in [1.82, 2.24) is 10.1 Å². The van der Waals surface area contributed by atoms with Crippen molar-refractivity contribution in [1.29, 1.82) is 0 Å². The minimum Gasteiger partial charge on any atom is -0.478 e. The summed E-state index contributed by atoms with van der Waals surface area (Å²) in [6.07, 6.45) is 0. The summed E-state index contributed by atoms with van der Waals surface area (Å²) < 4.78 is 31.2. The summed E-state index contributed by atoms with van der Waals surface area (Å²) in [5.41, 5.74) is -0.157. The summed E-state index contributed by atoms with van der Waals surface area (Å²) in [6.45, 7) is 1.53. The molecule has 8 nitrogen and oxygen atoms in total. The monoisotopic (exact) mass is 361 g/mol. The SMILES string of the molecule is Cc1noc(NS(=O)(=O)c2cc(C(=O)O)ccc2Br)n1. The van der Waals surface area contributed by atoms with Gasteiger partial charge in [0.25, 0.3) is 10.0 Å². The Balaban J connectivity index is 2.43. The van der Waals surface area contributed by atoms with Crippen molar-refractivity contribution in [3.8, 4) is 0 Å². The first-order valence-electron chi connectivity index (χ1n) is 5.15. The number of carbonyl (C=O) groups is 1. The fraction of sp³-hybridized carbons (Fsp3) is 0.100. The molecule has 0 saturated heterocycles. The Hall–Kier alpha value is -1.94. The van der Waals surface area contributed by atoms with E-state index in [4.69, 9.17) is 5.11 Å². The Morgan fingerprint density at radius 2 is 2.15 bits per heavy atom. The summed E-state index contributed by atoms with van der Waals surface area (Å²) in [5.74, 6) is -0.969. The maximum Gasteiger partial charge on any atom is 0.335 e. The van der Waals surface area contributed by atoms with Crippen molar-refractivity contribution in [2.75, 3.05) is 4.72 Å². The molecule has 20 heavy (non-hydrogen) atoms. The van der Waals surface area contributed by atoms with Gasteiger partial charge in [0.15, 0.2) is 5.82 Å². The third-order valence-corrected chi connectivity index (χ3v) is 4.53. The van der Waals surface area contributed by atoms with Crippen LogP contribution in [0.5, 0.6) is 0 Å². The number of benzene rings is 1. The maximum absolute atomic E-state index is 12.1. The summed E-state index contributed by atoms with van der Waals surface area (Å²) >= 11 is 3.06. The number of anilines is 1. The first kappa shape index (κ1) is 14.5. The number of aromatic nitrogens is 2. The lowest BCUT2D eigenvalue weighted by Crippen LogP contribution is -2.14. The van der Waals surface area contributed by atoms with Crippen LogP contribution >= 0.6 is 15.9 Å². The van der Waals surface area contributed by atoms with E-state index in [1.54, 1.807) is 0 Å². The zero-order chi connectivity index (χ0) is 14.9. The van der Waals surface area contributed by atoms with Crippen LogP contribution in [0.15, 0.2) is 32.1 Å². The second-order valence-electron chi connectivity index (χ2n) is 3.70. The van der Waals surface area contributed by atoms with E-state index in [1.807, 2.05) is 0 Å². The van der Waals surface area contributed by atoms with Crippen LogP contribution in [0.2, 0.25) is 0 Å². The molecule has 0 spiro atoms. The number of hydrogen-bond acceptors (Lipinski definition) is 6. The van der Waals surface area contributed by atoms with Crippen LogP contribution in [-0.2, 0) is 10.0 Å². The van der Waals surface area contributed by atoms with E-state index in [0.717, 1.165) is 6.07 Å². The van der Waals surface area contributed by atoms with Crippen LogP contribution in [-0.4, -0.2) is 29.6 Å². The smallest absolute Gasteiger partial charge is 0.335 e. The van der Waals surface area contributed by atoms with E-state index >= 15 is 0 Å². The number of halogens is 1. The number of aryl methyl sites for hydroxylation is 1. The standard InChI is InChI=1S/C10H8BrN3O5S/c1-5-12-10(19-13-5)14-20(17,18)8-4-6(9(15)16)2-3-7(8)11/h2-4H,1H3,(H,15,16)(H,12,13,14). The number of nitrogens with one attached hydrogen (secondary N) is 1. The van der Waals surface area contributed by atoms with Crippen molar-refractivity contribution in [2.24, 2.45) is 0 Å². The molecule has 0 aliphatic carbocycles. The van der Waals surface area contributed by atoms with E-state index in [2.05, 4.69) is 35.3 Å². The molecule has 106 valence electrons. The van der Waals surface area contributed by atoms with E-state index in [9.17, 15) is 13.2 Å². The highest BCUT2D eigenvalue weighted by atomic mass is 79.9. The van der Waals surface area contributed by atoms with Gasteiger partial charge in [-0.3, -0.25) is 0 Å². The number of hydrogen-bond donors (Lipinski definition) is 2. The Morgan fingerprint density at radius 1 is 1.45 bits per heavy atom. The Kier molecular flexibility index (Phi) is 3.77. The van der Waals surface area contributed by atoms with Crippen LogP contribution in [0, 0.1) is 6.92 Å². The van der Waals surface area contributed by atoms with Gasteiger partial charge < -0.3 is 9.63 Å². The molecule has 0 amide bonds. The normalized spacial score (nSPS) is 11.3. The molecule has 10 heteroatoms. The topological polar surface area (TPSA) is 122 Å². The Labute approximate surface area is 122 Å². The van der Waals surface area contributed by atoms with Crippen LogP contribution in [0.4, 0.5) is 6.01 Å². The molecule has 1 heterocycles. The second-order valence-corrected chi connectivity index (χ2v) is 6.21. The fourth-order valence-electron chi connectivity index (χ4n) is 1.35. The molecule has 2 aromatic rings. The van der Waals surface area contributed by atoms with Crippen LogP contribution < -0.4 is 4.72 Å². The lowest BCUT2D eigenvalue weighted by atomic mass is 10.2. The summed E-state index contributed by atoms with van der Waals surface area (Å²) in [5, 5.41) is 12.3. The van der Waals surface area contributed by atoms with Crippen LogP contribution in [0.3, 0.4) is 0 Å². The van der Waals surface area contributed by atoms with Crippen molar-refractivity contribution in [3.63, 3.8) is 0 Å². The number of sulfonamides is 1. The molecule has 0 bridgehead atoms. The minimum absolute atomic E-state index is 0.157. The molecule has 0 radical (unpaired) electrons. The van der Waals surface area contributed by atoms with E-state index in [-0.39, 0.29) is 26.8 Å². The highest BCUT2D eigenvalue weighted by Crippen LogP contribution is 2.25. The molecular formula is C10H8BrN3O5S. The lowest BCUT2D eigenvalue weighted by Gasteiger charge is -2.07. The highest BCUT2D eigenvalue weighted by Gasteiger charge is 2.22. The molecule has 0 aliphatic heterocycles. The van der Waals surface area contributed by atoms with Crippen molar-refractivity contribution < 1.29 is 22.8 Å². The van der Waals surface area contributed by atoms with Gasteiger partial charge in [-0.25, -0.2) is 17.9 Å². The van der Waals surface area contributed by atoms with Gasteiger partial charge in [-0.15, -0.1) is 0 Å². The maximum atomic E-state index is 12.1. The zero-order valence-electron chi connectivity index (χ0n) is 9.99. The number of carboxylic acid groups (broad SMARTS) is 1. The van der Waals surface area contributed by atoms with Crippen molar-refractivity contribution in [3.05, 3.63) is 34.1 Å². The van der Waals surface area contributed by atoms with Gasteiger partial charge in [-0.1, -0.05) is 5.16 Å². The number of nitrogens with zero attached hydrogens (tertiary/aromatic N) is 2. The zero-order valence-corrected chi connectivity index (χ0v) is 12.4. The Morgan fingerprint density at radius 3 is 2.70 bits per heavy atom. The summed E-state index contributed by atoms with van der Waals surface area (Å²) in [4.78, 5) is 14.3. The van der Waals surface area contributed by atoms with Gasteiger partial charge in [-0.05, 0) is 41.1 Å². The fourth-order valence-corrected chi connectivity index (χ4v) is 3.27. The number of aromatic carboxylic acids is 1. The van der Waals surface area contributed by atoms with Crippen molar-refractivity contribution in [2.45, 2.75) is 11.8 Å². The molecule has 0 unspecified atom stereocenters. The number of rotatable bonds is 4. The van der Waals surface area contributed by atoms with Gasteiger partial charge in [0, 0.05) is 4.47 Å². The molecule has 2 rings (SSSR count). The average Bonchev–Trinajstić information content (AvgIpc) is 2.73. The van der Waals surface area contributed by atoms with Crippen LogP contribution in [0.1, 0.15) is 16.2 Å². The minimum atomic E-state index is -4.04. The van der Waals surface area contributed by atoms with E-state index < -0.39 is 16.0 Å². The first-order valence-corrected chi connectivity index (χ1v) is 7.43. The van der Waals surface area contributed by atoms with Gasteiger partial charge in [0.2, 0.25) is 0 Å². The molecule has 0 atom stereocenters. The third-order valence-electron chi connectivity index (χ3n) is 2.22. The van der Waals surface area contributed by atoms with Gasteiger partial charge in [0.05, 0.1) is 5.56 Å². The second kappa shape index (κ2) is 5.21. The molecular weight excluding hydrogens is 354 g/mol. The van der Waals surface area contributed by atoms with Gasteiger partial charge >= 0.3 is 12.0 Å². The van der Waals surface area contributed by atoms with Crippen molar-refractivity contribution >= 4 is 37.9 Å². The molecule has 1 aromatic heterocycles. The predicted octanol–water partition coefficient (Wildman–Crippen LogP) is 1.64. The first-order chi connectivity index (χ1) is 9.29. The van der Waals surface area contributed by atoms with Gasteiger partial charge in [-0.2, -0.15) is 4.98 Å². The third kappa shape index (κ3) is 2.96. The summed E-state index contributed by atoms with van der Waals surface area (Å²) in [6, 6.07) is 3.34. The molecule has 2 N–H and O–H groups in total. The van der Waals surface area contributed by atoms with Gasteiger partial charge in [0.1, 0.15) is 4.90 Å². The van der Waals surface area contributed by atoms with Crippen LogP contribution in [0.25, 0.3) is 0 Å². The Bertz CT molecular complexity index is 771. The largest absolute Gasteiger partial charge is 0.478 e. The number of carboxylic acids is 1. The molecule has 0 saturated carbocycles. The lowest BCUT2D eigenvalue weighted by molar-refractivity contribution is 0.0696. The predicted molar refractivity (Wildman–Crippen MR) is 70.9 cm³/mol. The molecule has 0 aliphatic rings. The average molecular weight is 362 g/mol. The highest BCUT2D eigenvalue weighted by molar-refractivity contribution is 9.10. The van der Waals surface area contributed by atoms with E-state index in [1.165, 1.54) is 19.1 Å². The summed E-state index contributed by atoms with van der Waals surface area (Å²) in [7, 11) is -4.04. The quantitative estimate of drug-likeness (QED) is 0.848. The molecule has 0 fully saturated rings. The van der Waals surface area contributed by atoms with E-state index in [0.29, 0.717) is 0 Å².